The molecule has 0 saturated heterocycles. The van der Waals surface area contributed by atoms with E-state index in [1.165, 1.54) is 0 Å². The summed E-state index contributed by atoms with van der Waals surface area (Å²) in [5.74, 6) is -0.0914. The molecule has 0 saturated carbocycles. The topological polar surface area (TPSA) is 68.3 Å². The Hall–Kier alpha value is -0.100. The predicted octanol–water partition coefficient (Wildman–Crippen LogP) is 0.594. The third-order valence-electron chi connectivity index (χ3n) is 1.39. The van der Waals surface area contributed by atoms with Gasteiger partial charge in [0.05, 0.1) is 11.5 Å². The zero-order valence-corrected chi connectivity index (χ0v) is 9.62. The minimum absolute atomic E-state index is 0.0457. The molecular formula is C7H16O4S2. The van der Waals surface area contributed by atoms with Crippen LogP contribution in [0.4, 0.5) is 0 Å². The van der Waals surface area contributed by atoms with Gasteiger partial charge in [0.25, 0.3) is 0 Å². The molecule has 6 heteroatoms. The maximum atomic E-state index is 11.1. The largest absolute Gasteiger partial charge is 0.228 e. The molecule has 0 aliphatic rings. The minimum Gasteiger partial charge on any atom is -0.228 e. The smallest absolute Gasteiger partial charge is 0.164 e. The molecule has 0 bridgehead atoms. The van der Waals surface area contributed by atoms with Gasteiger partial charge < -0.3 is 0 Å². The van der Waals surface area contributed by atoms with Crippen molar-refractivity contribution in [3.63, 3.8) is 0 Å². The Bertz CT molecular complexity index is 292. The number of sulfone groups is 2. The first kappa shape index (κ1) is 12.9. The molecule has 0 aliphatic carbocycles. The molecular weight excluding hydrogens is 212 g/mol. The molecule has 0 aromatic rings. The zero-order chi connectivity index (χ0) is 10.5. The lowest BCUT2D eigenvalue weighted by atomic mass is 10.6. The molecule has 0 N–H and O–H groups in total. The van der Waals surface area contributed by atoms with Gasteiger partial charge in [-0.3, -0.25) is 0 Å². The van der Waals surface area contributed by atoms with Crippen LogP contribution in [0.1, 0.15) is 26.7 Å². The van der Waals surface area contributed by atoms with E-state index in [1.54, 1.807) is 13.8 Å². The van der Waals surface area contributed by atoms with Crippen molar-refractivity contribution in [3.8, 4) is 0 Å². The van der Waals surface area contributed by atoms with Crippen molar-refractivity contribution in [1.29, 1.82) is 0 Å². The highest BCUT2D eigenvalue weighted by Crippen LogP contribution is 2.02. The highest BCUT2D eigenvalue weighted by atomic mass is 32.3. The maximum Gasteiger partial charge on any atom is 0.164 e. The second-order valence-electron chi connectivity index (χ2n) is 3.01. The molecule has 13 heavy (non-hydrogen) atoms. The van der Waals surface area contributed by atoms with Crippen molar-refractivity contribution in [1.82, 2.24) is 0 Å². The van der Waals surface area contributed by atoms with Crippen molar-refractivity contribution >= 4 is 19.7 Å². The van der Waals surface area contributed by atoms with Gasteiger partial charge in [0, 0.05) is 0 Å². The number of hydrogen-bond donors (Lipinski definition) is 0. The Balaban J connectivity index is 4.44. The van der Waals surface area contributed by atoms with Crippen molar-refractivity contribution in [2.75, 3.05) is 16.6 Å². The lowest BCUT2D eigenvalue weighted by Gasteiger charge is -2.02. The van der Waals surface area contributed by atoms with Crippen LogP contribution in [-0.4, -0.2) is 33.4 Å². The van der Waals surface area contributed by atoms with Crippen LogP contribution < -0.4 is 0 Å². The van der Waals surface area contributed by atoms with Gasteiger partial charge in [-0.1, -0.05) is 13.8 Å². The van der Waals surface area contributed by atoms with E-state index in [4.69, 9.17) is 0 Å². The Labute approximate surface area is 80.2 Å². The molecule has 80 valence electrons. The van der Waals surface area contributed by atoms with Gasteiger partial charge in [-0.15, -0.1) is 0 Å². The number of hydrogen-bond acceptors (Lipinski definition) is 4. The van der Waals surface area contributed by atoms with Gasteiger partial charge in [-0.25, -0.2) is 16.8 Å². The standard InChI is InChI=1S/C7H16O4S2/c1-3-5-12(8,9)7-13(10,11)6-4-2/h3-7H2,1-2H3. The molecule has 0 heterocycles. The second-order valence-corrected chi connectivity index (χ2v) is 7.75. The average Bonchev–Trinajstić information content (AvgIpc) is 1.82. The summed E-state index contributed by atoms with van der Waals surface area (Å²) in [5, 5.41) is -0.693. The minimum atomic E-state index is -3.40. The summed E-state index contributed by atoms with van der Waals surface area (Å²) in [4.78, 5) is 0. The summed E-state index contributed by atoms with van der Waals surface area (Å²) in [5.41, 5.74) is 0. The van der Waals surface area contributed by atoms with Gasteiger partial charge >= 0.3 is 0 Å². The monoisotopic (exact) mass is 228 g/mol. The first-order chi connectivity index (χ1) is 5.83. The SMILES string of the molecule is CCCS(=O)(=O)CS(=O)(=O)CCC. The van der Waals surface area contributed by atoms with Gasteiger partial charge in [0.1, 0.15) is 0 Å². The summed E-state index contributed by atoms with van der Waals surface area (Å²) in [6.45, 7) is 3.42. The third-order valence-corrected chi connectivity index (χ3v) is 6.32. The Kier molecular flexibility index (Phi) is 4.91. The molecule has 4 nitrogen and oxygen atoms in total. The van der Waals surface area contributed by atoms with Gasteiger partial charge in [0.15, 0.2) is 24.8 Å². The van der Waals surface area contributed by atoms with Crippen LogP contribution in [0.2, 0.25) is 0 Å². The van der Waals surface area contributed by atoms with Crippen LogP contribution in [0.3, 0.4) is 0 Å². The van der Waals surface area contributed by atoms with Crippen molar-refractivity contribution in [2.24, 2.45) is 0 Å². The van der Waals surface area contributed by atoms with Crippen LogP contribution in [0, 0.1) is 0 Å². The molecule has 0 rings (SSSR count). The summed E-state index contributed by atoms with van der Waals surface area (Å²) >= 11 is 0. The van der Waals surface area contributed by atoms with E-state index in [2.05, 4.69) is 0 Å². The summed E-state index contributed by atoms with van der Waals surface area (Å²) in [6.07, 6.45) is 0.925. The molecule has 0 amide bonds. The first-order valence-electron chi connectivity index (χ1n) is 4.24. The van der Waals surface area contributed by atoms with Gasteiger partial charge in [-0.2, -0.15) is 0 Å². The normalized spacial score (nSPS) is 13.1. The van der Waals surface area contributed by atoms with Crippen LogP contribution >= 0.6 is 0 Å². The molecule has 0 radical (unpaired) electrons. The summed E-state index contributed by atoms with van der Waals surface area (Å²) < 4.78 is 44.6. The van der Waals surface area contributed by atoms with E-state index in [9.17, 15) is 16.8 Å². The molecule has 0 spiro atoms. The van der Waals surface area contributed by atoms with E-state index < -0.39 is 24.8 Å². The Morgan fingerprint density at radius 2 is 1.08 bits per heavy atom. The molecule has 0 aromatic heterocycles. The Morgan fingerprint density at radius 1 is 0.769 bits per heavy atom. The van der Waals surface area contributed by atoms with E-state index in [1.807, 2.05) is 0 Å². The summed E-state index contributed by atoms with van der Waals surface area (Å²) in [7, 11) is -6.80. The van der Waals surface area contributed by atoms with Crippen LogP contribution in [0.15, 0.2) is 0 Å². The predicted molar refractivity (Wildman–Crippen MR) is 53.0 cm³/mol. The lowest BCUT2D eigenvalue weighted by molar-refractivity contribution is 0.587. The fourth-order valence-electron chi connectivity index (χ4n) is 1.01. The van der Waals surface area contributed by atoms with Gasteiger partial charge in [-0.05, 0) is 12.8 Å². The van der Waals surface area contributed by atoms with Crippen LogP contribution in [0.5, 0.6) is 0 Å². The average molecular weight is 228 g/mol. The first-order valence-corrected chi connectivity index (χ1v) is 7.88. The quantitative estimate of drug-likeness (QED) is 0.667. The van der Waals surface area contributed by atoms with E-state index >= 15 is 0 Å². The fourth-order valence-corrected chi connectivity index (χ4v) is 5.39. The van der Waals surface area contributed by atoms with Crippen molar-refractivity contribution in [3.05, 3.63) is 0 Å². The van der Waals surface area contributed by atoms with E-state index in [0.29, 0.717) is 12.8 Å². The van der Waals surface area contributed by atoms with Crippen LogP contribution in [0.25, 0.3) is 0 Å². The lowest BCUT2D eigenvalue weighted by Crippen LogP contribution is -2.21. The Morgan fingerprint density at radius 3 is 1.31 bits per heavy atom. The van der Waals surface area contributed by atoms with Crippen molar-refractivity contribution < 1.29 is 16.8 Å². The number of rotatable bonds is 6. The highest BCUT2D eigenvalue weighted by Gasteiger charge is 2.20. The molecule has 0 unspecified atom stereocenters. The van der Waals surface area contributed by atoms with Gasteiger partial charge in [0.2, 0.25) is 0 Å². The molecule has 0 fully saturated rings. The summed E-state index contributed by atoms with van der Waals surface area (Å²) in [6, 6.07) is 0. The molecule has 0 atom stereocenters. The zero-order valence-electron chi connectivity index (χ0n) is 7.99. The third kappa shape index (κ3) is 6.04. The van der Waals surface area contributed by atoms with E-state index in [0.717, 1.165) is 0 Å². The second kappa shape index (κ2) is 4.95. The highest BCUT2D eigenvalue weighted by molar-refractivity contribution is 8.08. The molecule has 0 aliphatic heterocycles. The fraction of sp³-hybridized carbons (Fsp3) is 1.00. The van der Waals surface area contributed by atoms with Crippen molar-refractivity contribution in [2.45, 2.75) is 26.7 Å². The van der Waals surface area contributed by atoms with E-state index in [-0.39, 0.29) is 11.5 Å². The molecule has 0 aromatic carbocycles. The van der Waals surface area contributed by atoms with Crippen LogP contribution in [-0.2, 0) is 19.7 Å². The maximum absolute atomic E-state index is 11.1.